The van der Waals surface area contributed by atoms with Gasteiger partial charge in [0.25, 0.3) is 5.91 Å². The van der Waals surface area contributed by atoms with Gasteiger partial charge in [-0.2, -0.15) is 15.2 Å². The number of benzene rings is 3. The Balaban J connectivity index is 1.36. The third-order valence-electron chi connectivity index (χ3n) is 10.1. The topological polar surface area (TPSA) is 85.6 Å². The summed E-state index contributed by atoms with van der Waals surface area (Å²) in [7, 11) is 0. The Kier molecular flexibility index (Phi) is 8.18. The molecule has 7 rings (SSSR count). The van der Waals surface area contributed by atoms with Crippen molar-refractivity contribution >= 4 is 33.4 Å². The van der Waals surface area contributed by atoms with Crippen LogP contribution >= 0.6 is 0 Å². The van der Waals surface area contributed by atoms with E-state index in [4.69, 9.17) is 16.1 Å². The molecule has 1 amide bonds. The number of halogens is 3. The molecule has 3 aromatic carbocycles. The summed E-state index contributed by atoms with van der Waals surface area (Å²) in [5, 5.41) is 10.9. The zero-order valence-corrected chi connectivity index (χ0v) is 26.3. The molecule has 1 atom stereocenters. The summed E-state index contributed by atoms with van der Waals surface area (Å²) in [6, 6.07) is 13.0. The van der Waals surface area contributed by atoms with E-state index >= 15 is 8.78 Å². The molecule has 0 N–H and O–H groups in total. The lowest BCUT2D eigenvalue weighted by molar-refractivity contribution is -0.131. The van der Waals surface area contributed by atoms with Crippen LogP contribution in [-0.4, -0.2) is 76.6 Å². The number of fused-ring (bicyclic) bond motifs is 3. The normalized spacial score (nSPS) is 18.9. The van der Waals surface area contributed by atoms with E-state index in [9.17, 15) is 14.4 Å². The van der Waals surface area contributed by atoms with Gasteiger partial charge in [0.2, 0.25) is 0 Å². The lowest BCUT2D eigenvalue weighted by Crippen LogP contribution is -2.55. The number of hydrogen-bond acceptors (Lipinski definition) is 7. The Morgan fingerprint density at radius 1 is 1.06 bits per heavy atom. The summed E-state index contributed by atoms with van der Waals surface area (Å²) in [6.45, 7) is 5.70. The maximum absolute atomic E-state index is 16.9. The van der Waals surface area contributed by atoms with E-state index in [0.29, 0.717) is 28.5 Å². The molecule has 1 aromatic heterocycles. The molecule has 4 aromatic rings. The number of terminal acetylenes is 1. The van der Waals surface area contributed by atoms with Gasteiger partial charge in [-0.3, -0.25) is 9.69 Å². The molecule has 3 aliphatic heterocycles. The highest BCUT2D eigenvalue weighted by atomic mass is 19.1. The third-order valence-corrected chi connectivity index (χ3v) is 10.1. The highest BCUT2D eigenvalue weighted by Crippen LogP contribution is 2.41. The molecule has 11 heteroatoms. The Bertz CT molecular complexity index is 2040. The van der Waals surface area contributed by atoms with Gasteiger partial charge in [0.15, 0.2) is 11.6 Å². The third kappa shape index (κ3) is 5.29. The summed E-state index contributed by atoms with van der Waals surface area (Å²) >= 11 is 0. The quantitative estimate of drug-likeness (QED) is 0.176. The predicted molar refractivity (Wildman–Crippen MR) is 177 cm³/mol. The molecule has 0 bridgehead atoms. The van der Waals surface area contributed by atoms with Crippen molar-refractivity contribution in [3.8, 4) is 35.6 Å². The lowest BCUT2D eigenvalue weighted by atomic mass is 9.94. The molecule has 0 saturated carbocycles. The van der Waals surface area contributed by atoms with Crippen LogP contribution in [0.1, 0.15) is 37.7 Å². The first-order valence-corrected chi connectivity index (χ1v) is 16.1. The number of carbonyl (C=O) groups is 1. The van der Waals surface area contributed by atoms with Crippen molar-refractivity contribution in [2.75, 3.05) is 44.2 Å². The molecule has 0 aliphatic carbocycles. The molecule has 0 unspecified atom stereocenters. The van der Waals surface area contributed by atoms with Gasteiger partial charge in [-0.1, -0.05) is 42.8 Å². The van der Waals surface area contributed by atoms with Gasteiger partial charge < -0.3 is 14.5 Å². The number of anilines is 1. The molecule has 244 valence electrons. The predicted octanol–water partition coefficient (Wildman–Crippen LogP) is 6.13. The molecular formula is C37H33F3N6O2. The molecule has 0 radical (unpaired) electrons. The van der Waals surface area contributed by atoms with Crippen molar-refractivity contribution in [1.82, 2.24) is 19.8 Å². The summed E-state index contributed by atoms with van der Waals surface area (Å²) < 4.78 is 53.3. The molecule has 3 saturated heterocycles. The van der Waals surface area contributed by atoms with Crippen LogP contribution < -0.4 is 9.64 Å². The second-order valence-corrected chi connectivity index (χ2v) is 12.7. The van der Waals surface area contributed by atoms with Gasteiger partial charge in [0.05, 0.1) is 29.6 Å². The number of amides is 1. The number of nitrogens with zero attached hydrogens (tertiary/aromatic N) is 6. The van der Waals surface area contributed by atoms with Crippen molar-refractivity contribution < 1.29 is 22.7 Å². The Morgan fingerprint density at radius 3 is 2.54 bits per heavy atom. The number of ether oxygens (including phenoxy) is 1. The Morgan fingerprint density at radius 2 is 1.81 bits per heavy atom. The fourth-order valence-corrected chi connectivity index (χ4v) is 7.78. The average molecular weight is 651 g/mol. The van der Waals surface area contributed by atoms with Crippen LogP contribution in [0.4, 0.5) is 19.0 Å². The van der Waals surface area contributed by atoms with E-state index in [1.54, 1.807) is 35.2 Å². The largest absolute Gasteiger partial charge is 0.461 e. The van der Waals surface area contributed by atoms with Crippen molar-refractivity contribution in [3.05, 3.63) is 72.1 Å². The lowest BCUT2D eigenvalue weighted by Gasteiger charge is -2.41. The van der Waals surface area contributed by atoms with Gasteiger partial charge in [0.1, 0.15) is 23.8 Å². The number of rotatable bonds is 7. The molecular weight excluding hydrogens is 617 g/mol. The van der Waals surface area contributed by atoms with Gasteiger partial charge >= 0.3 is 6.01 Å². The molecule has 3 fully saturated rings. The highest BCUT2D eigenvalue weighted by Gasteiger charge is 2.45. The number of nitriles is 1. The summed E-state index contributed by atoms with van der Waals surface area (Å²) in [4.78, 5) is 27.2. The molecule has 3 aliphatic rings. The Hall–Kier alpha value is -5.13. The zero-order valence-electron chi connectivity index (χ0n) is 26.3. The van der Waals surface area contributed by atoms with Gasteiger partial charge in [0, 0.05) is 30.6 Å². The van der Waals surface area contributed by atoms with Gasteiger partial charge in [-0.25, -0.2) is 13.2 Å². The second kappa shape index (κ2) is 12.5. The van der Waals surface area contributed by atoms with Crippen molar-refractivity contribution in [2.24, 2.45) is 0 Å². The van der Waals surface area contributed by atoms with Crippen LogP contribution in [0, 0.1) is 35.3 Å². The SMILES string of the molecule is C#Cc1cccc2c(-c3c(F)cc4c(N5CCN(C(=O)C(=C)F)[C@@H](CC#N)C5)nc(OCC56CCCN5CCC6)nc4c3F)cccc12. The van der Waals surface area contributed by atoms with Crippen LogP contribution in [-0.2, 0) is 4.79 Å². The smallest absolute Gasteiger partial charge is 0.319 e. The minimum Gasteiger partial charge on any atom is -0.461 e. The number of aromatic nitrogens is 2. The molecule has 0 spiro atoms. The van der Waals surface area contributed by atoms with E-state index in [2.05, 4.69) is 28.5 Å². The van der Waals surface area contributed by atoms with E-state index in [1.807, 2.05) is 6.07 Å². The molecule has 4 heterocycles. The summed E-state index contributed by atoms with van der Waals surface area (Å²) in [5.41, 5.74) is 0.402. The number of piperazine rings is 1. The van der Waals surface area contributed by atoms with Crippen molar-refractivity contribution in [2.45, 2.75) is 43.7 Å². The zero-order chi connectivity index (χ0) is 33.6. The van der Waals surface area contributed by atoms with Gasteiger partial charge in [-0.05, 0) is 67.2 Å². The van der Waals surface area contributed by atoms with Crippen LogP contribution in [0.2, 0.25) is 0 Å². The van der Waals surface area contributed by atoms with Crippen LogP contribution in [0.3, 0.4) is 0 Å². The van der Waals surface area contributed by atoms with Gasteiger partial charge in [-0.15, -0.1) is 6.42 Å². The van der Waals surface area contributed by atoms with E-state index in [-0.39, 0.29) is 59.9 Å². The summed E-state index contributed by atoms with van der Waals surface area (Å²) in [6.07, 6.45) is 9.70. The number of hydrogen-bond donors (Lipinski definition) is 0. The second-order valence-electron chi connectivity index (χ2n) is 12.7. The Labute approximate surface area is 276 Å². The number of carbonyl (C=O) groups excluding carboxylic acids is 1. The van der Waals surface area contributed by atoms with Crippen molar-refractivity contribution in [3.63, 3.8) is 0 Å². The minimum atomic E-state index is -1.12. The first-order valence-electron chi connectivity index (χ1n) is 16.1. The fraction of sp³-hybridized carbons (Fsp3) is 0.351. The van der Waals surface area contributed by atoms with E-state index < -0.39 is 29.4 Å². The first-order chi connectivity index (χ1) is 23.2. The highest BCUT2D eigenvalue weighted by molar-refractivity contribution is 6.02. The molecule has 8 nitrogen and oxygen atoms in total. The molecule has 48 heavy (non-hydrogen) atoms. The average Bonchev–Trinajstić information content (AvgIpc) is 3.68. The van der Waals surface area contributed by atoms with E-state index in [0.717, 1.165) is 38.8 Å². The first kappa shape index (κ1) is 31.5. The van der Waals surface area contributed by atoms with Crippen LogP contribution in [0.25, 0.3) is 32.8 Å². The standard InChI is InChI=1S/C37H33F3N6O2/c1-3-24-8-4-10-27-26(24)9-5-11-28(27)31-30(39)20-29-33(32(31)40)42-36(48-22-37-13-6-16-45(37)17-7-14-37)43-34(29)44-18-19-46(35(47)23(2)38)25(21-44)12-15-41/h1,4-5,8-11,20,25H,2,6-7,12-14,16-19,21-22H2/t25-/m0/s1. The summed E-state index contributed by atoms with van der Waals surface area (Å²) in [5.74, 6) is -0.880. The minimum absolute atomic E-state index is 0.0461. The van der Waals surface area contributed by atoms with Crippen LogP contribution in [0.15, 0.2) is 54.9 Å². The fourth-order valence-electron chi connectivity index (χ4n) is 7.78. The maximum Gasteiger partial charge on any atom is 0.319 e. The van der Waals surface area contributed by atoms with E-state index in [1.165, 1.54) is 11.0 Å². The van der Waals surface area contributed by atoms with Crippen molar-refractivity contribution in [1.29, 1.82) is 5.26 Å². The van der Waals surface area contributed by atoms with Crippen LogP contribution in [0.5, 0.6) is 6.01 Å². The maximum atomic E-state index is 16.9. The monoisotopic (exact) mass is 650 g/mol.